The highest BCUT2D eigenvalue weighted by Gasteiger charge is 2.23. The third-order valence-corrected chi connectivity index (χ3v) is 3.75. The van der Waals surface area contributed by atoms with Gasteiger partial charge in [-0.25, -0.2) is 4.79 Å². The topological polar surface area (TPSA) is 38.3 Å². The number of carbonyl (C=O) groups is 1. The highest BCUT2D eigenvalue weighted by atomic mass is 127. The maximum atomic E-state index is 11.8. The fourth-order valence-electron chi connectivity index (χ4n) is 1.75. The molecule has 0 aliphatic heterocycles. The largest absolute Gasteiger partial charge is 0.444 e. The molecule has 0 aliphatic rings. The smallest absolute Gasteiger partial charge is 0.407 e. The molecule has 0 aromatic heterocycles. The van der Waals surface area contributed by atoms with Gasteiger partial charge >= 0.3 is 6.09 Å². The number of halogens is 1. The van der Waals surface area contributed by atoms with E-state index in [0.29, 0.717) is 0 Å². The summed E-state index contributed by atoms with van der Waals surface area (Å²) in [6, 6.07) is 10.3. The maximum Gasteiger partial charge on any atom is 0.407 e. The van der Waals surface area contributed by atoms with E-state index in [1.165, 1.54) is 5.56 Å². The predicted octanol–water partition coefficient (Wildman–Crippen LogP) is 4.12. The molecule has 1 rings (SSSR count). The Morgan fingerprint density at radius 1 is 1.32 bits per heavy atom. The summed E-state index contributed by atoms with van der Waals surface area (Å²) in [6.07, 6.45) is -0.350. The molecule has 2 atom stereocenters. The Labute approximate surface area is 129 Å². The highest BCUT2D eigenvalue weighted by molar-refractivity contribution is 14.1. The Hall–Kier alpha value is -0.780. The number of benzene rings is 1. The molecule has 1 amide bonds. The van der Waals surface area contributed by atoms with Gasteiger partial charge in [0, 0.05) is 16.4 Å². The van der Waals surface area contributed by atoms with E-state index in [1.807, 2.05) is 39.0 Å². The minimum Gasteiger partial charge on any atom is -0.444 e. The average Bonchev–Trinajstić information content (AvgIpc) is 2.34. The first-order chi connectivity index (χ1) is 8.83. The second-order valence-corrected chi connectivity index (χ2v) is 6.49. The number of hydrogen-bond donors (Lipinski definition) is 1. The minimum absolute atomic E-state index is 0.0675. The summed E-state index contributed by atoms with van der Waals surface area (Å²) in [5.74, 6) is 0.255. The first-order valence-electron chi connectivity index (χ1n) is 6.44. The quantitative estimate of drug-likeness (QED) is 0.635. The van der Waals surface area contributed by atoms with Crippen LogP contribution >= 0.6 is 22.6 Å². The summed E-state index contributed by atoms with van der Waals surface area (Å²) in [5.41, 5.74) is 0.760. The number of alkyl halides is 1. The lowest BCUT2D eigenvalue weighted by Gasteiger charge is -2.26. The first kappa shape index (κ1) is 16.3. The molecule has 1 unspecified atom stereocenters. The Kier molecular flexibility index (Phi) is 6.10. The summed E-state index contributed by atoms with van der Waals surface area (Å²) in [5, 5.41) is 2.95. The number of rotatable bonds is 4. The zero-order valence-electron chi connectivity index (χ0n) is 11.9. The summed E-state index contributed by atoms with van der Waals surface area (Å²) >= 11 is 2.29. The molecule has 0 aliphatic carbocycles. The van der Waals surface area contributed by atoms with E-state index in [0.717, 1.165) is 4.43 Å². The van der Waals surface area contributed by atoms with Gasteiger partial charge in [-0.3, -0.25) is 0 Å². The number of alkyl carbamates (subject to hydrolysis) is 1. The van der Waals surface area contributed by atoms with Crippen LogP contribution in [-0.4, -0.2) is 22.2 Å². The van der Waals surface area contributed by atoms with Crippen LogP contribution in [0, 0.1) is 0 Å². The van der Waals surface area contributed by atoms with Crippen molar-refractivity contribution >= 4 is 28.7 Å². The maximum absolute atomic E-state index is 11.8. The monoisotopic (exact) mass is 375 g/mol. The molecule has 19 heavy (non-hydrogen) atoms. The summed E-state index contributed by atoms with van der Waals surface area (Å²) in [7, 11) is 0. The van der Waals surface area contributed by atoms with Gasteiger partial charge in [0.1, 0.15) is 5.60 Å². The van der Waals surface area contributed by atoms with Gasteiger partial charge in [-0.05, 0) is 26.3 Å². The number of hydrogen-bond acceptors (Lipinski definition) is 2. The summed E-state index contributed by atoms with van der Waals surface area (Å²) in [6.45, 7) is 7.72. The van der Waals surface area contributed by atoms with E-state index < -0.39 is 5.60 Å². The lowest BCUT2D eigenvalue weighted by atomic mass is 9.95. The molecule has 1 N–H and O–H groups in total. The lowest BCUT2D eigenvalue weighted by Crippen LogP contribution is -2.42. The summed E-state index contributed by atoms with van der Waals surface area (Å²) in [4.78, 5) is 11.8. The number of amides is 1. The van der Waals surface area contributed by atoms with Crippen molar-refractivity contribution in [2.24, 2.45) is 0 Å². The van der Waals surface area contributed by atoms with Crippen molar-refractivity contribution in [3.8, 4) is 0 Å². The van der Waals surface area contributed by atoms with Crippen molar-refractivity contribution in [2.75, 3.05) is 4.43 Å². The van der Waals surface area contributed by atoms with E-state index >= 15 is 0 Å². The highest BCUT2D eigenvalue weighted by Crippen LogP contribution is 2.20. The molecule has 4 heteroatoms. The molecule has 3 nitrogen and oxygen atoms in total. The molecule has 0 spiro atoms. The minimum atomic E-state index is -0.462. The van der Waals surface area contributed by atoms with Gasteiger partial charge in [-0.2, -0.15) is 0 Å². The van der Waals surface area contributed by atoms with E-state index in [-0.39, 0.29) is 18.1 Å². The van der Waals surface area contributed by atoms with Crippen LogP contribution in [0.1, 0.15) is 39.2 Å². The molecule has 1 aromatic carbocycles. The van der Waals surface area contributed by atoms with Crippen molar-refractivity contribution in [3.05, 3.63) is 35.9 Å². The van der Waals surface area contributed by atoms with Gasteiger partial charge < -0.3 is 10.1 Å². The molecule has 0 bridgehead atoms. The zero-order valence-corrected chi connectivity index (χ0v) is 14.1. The van der Waals surface area contributed by atoms with Crippen molar-refractivity contribution in [1.82, 2.24) is 5.32 Å². The van der Waals surface area contributed by atoms with E-state index in [2.05, 4.69) is 47.0 Å². The Morgan fingerprint density at radius 3 is 2.37 bits per heavy atom. The average molecular weight is 375 g/mol. The molecule has 1 aromatic rings. The Balaban J connectivity index is 2.66. The molecule has 0 heterocycles. The van der Waals surface area contributed by atoms with Crippen LogP contribution in [-0.2, 0) is 4.74 Å². The third kappa shape index (κ3) is 5.80. The van der Waals surface area contributed by atoms with Crippen molar-refractivity contribution in [1.29, 1.82) is 0 Å². The second-order valence-electron chi connectivity index (χ2n) is 5.61. The molecule has 106 valence electrons. The van der Waals surface area contributed by atoms with Crippen molar-refractivity contribution < 1.29 is 9.53 Å². The first-order valence-corrected chi connectivity index (χ1v) is 7.96. The van der Waals surface area contributed by atoms with Crippen LogP contribution in [0.15, 0.2) is 30.3 Å². The fourth-order valence-corrected chi connectivity index (χ4v) is 2.73. The standard InChI is InChI=1S/C15H22INO2/c1-11(12-8-6-5-7-9-12)13(10-16)17-14(18)19-15(2,3)4/h5-9,11,13H,10H2,1-4H3,(H,17,18)/t11?,13-/m0/s1. The fraction of sp³-hybridized carbons (Fsp3) is 0.533. The number of nitrogens with one attached hydrogen (secondary N) is 1. The van der Waals surface area contributed by atoms with E-state index in [1.54, 1.807) is 0 Å². The third-order valence-electron chi connectivity index (χ3n) is 2.80. The Bertz CT molecular complexity index is 400. The second kappa shape index (κ2) is 7.12. The van der Waals surface area contributed by atoms with Gasteiger partial charge in [0.2, 0.25) is 0 Å². The van der Waals surface area contributed by atoms with Crippen LogP contribution in [0.2, 0.25) is 0 Å². The van der Waals surface area contributed by atoms with E-state index in [9.17, 15) is 4.79 Å². The molecular formula is C15H22INO2. The van der Waals surface area contributed by atoms with Crippen LogP contribution in [0.3, 0.4) is 0 Å². The van der Waals surface area contributed by atoms with Gasteiger partial charge in [0.15, 0.2) is 0 Å². The SMILES string of the molecule is CC(c1ccccc1)[C@H](CI)NC(=O)OC(C)(C)C. The normalized spacial score (nSPS) is 14.6. The van der Waals surface area contributed by atoms with Crippen LogP contribution in [0.5, 0.6) is 0 Å². The van der Waals surface area contributed by atoms with Gasteiger partial charge in [-0.15, -0.1) is 0 Å². The molecular weight excluding hydrogens is 353 g/mol. The van der Waals surface area contributed by atoms with Crippen LogP contribution in [0.25, 0.3) is 0 Å². The molecule has 0 fully saturated rings. The van der Waals surface area contributed by atoms with Gasteiger partial charge in [0.05, 0.1) is 0 Å². The molecule has 0 saturated carbocycles. The molecule has 0 saturated heterocycles. The van der Waals surface area contributed by atoms with Crippen LogP contribution in [0.4, 0.5) is 4.79 Å². The predicted molar refractivity (Wildman–Crippen MR) is 86.9 cm³/mol. The number of carbonyl (C=O) groups excluding carboxylic acids is 1. The van der Waals surface area contributed by atoms with E-state index in [4.69, 9.17) is 4.74 Å². The van der Waals surface area contributed by atoms with Crippen molar-refractivity contribution in [3.63, 3.8) is 0 Å². The summed E-state index contributed by atoms with van der Waals surface area (Å²) < 4.78 is 6.14. The Morgan fingerprint density at radius 2 is 1.89 bits per heavy atom. The zero-order chi connectivity index (χ0) is 14.5. The number of ether oxygens (including phenoxy) is 1. The van der Waals surface area contributed by atoms with Crippen LogP contribution < -0.4 is 5.32 Å². The molecule has 0 radical (unpaired) electrons. The van der Waals surface area contributed by atoms with Gasteiger partial charge in [0.25, 0.3) is 0 Å². The van der Waals surface area contributed by atoms with Crippen molar-refractivity contribution in [2.45, 2.75) is 45.3 Å². The van der Waals surface area contributed by atoms with Gasteiger partial charge in [-0.1, -0.05) is 59.8 Å². The lowest BCUT2D eigenvalue weighted by molar-refractivity contribution is 0.0504.